The lowest BCUT2D eigenvalue weighted by Crippen LogP contribution is -2.13. The van der Waals surface area contributed by atoms with Gasteiger partial charge >= 0.3 is 0 Å². The Morgan fingerprint density at radius 3 is 3.00 bits per heavy atom. The van der Waals surface area contributed by atoms with Gasteiger partial charge in [-0.2, -0.15) is 0 Å². The van der Waals surface area contributed by atoms with Gasteiger partial charge in [-0.3, -0.25) is 4.98 Å². The Morgan fingerprint density at radius 1 is 1.35 bits per heavy atom. The van der Waals surface area contributed by atoms with Crippen molar-refractivity contribution in [1.82, 2.24) is 20.5 Å². The predicted octanol–water partition coefficient (Wildman–Crippen LogP) is 1.77. The van der Waals surface area contributed by atoms with Crippen LogP contribution in [-0.2, 0) is 6.54 Å². The van der Waals surface area contributed by atoms with Gasteiger partial charge in [0.05, 0.1) is 18.3 Å². The Bertz CT molecular complexity index is 486. The molecular weight excluding hydrogens is 223 g/mol. The highest BCUT2D eigenvalue weighted by atomic mass is 19.1. The highest BCUT2D eigenvalue weighted by Gasteiger charge is 2.09. The van der Waals surface area contributed by atoms with Crippen LogP contribution in [0.15, 0.2) is 22.9 Å². The zero-order chi connectivity index (χ0) is 12.1. The van der Waals surface area contributed by atoms with Crippen molar-refractivity contribution >= 4 is 0 Å². The smallest absolute Gasteiger partial charge is 0.249 e. The Labute approximate surface area is 98.1 Å². The van der Waals surface area contributed by atoms with E-state index in [1.54, 1.807) is 0 Å². The van der Waals surface area contributed by atoms with Crippen LogP contribution in [-0.4, -0.2) is 21.7 Å². The first-order valence-corrected chi connectivity index (χ1v) is 5.43. The lowest BCUT2D eigenvalue weighted by Gasteiger charge is -1.96. The van der Waals surface area contributed by atoms with Gasteiger partial charge in [-0.25, -0.2) is 4.39 Å². The zero-order valence-electron chi connectivity index (χ0n) is 9.48. The van der Waals surface area contributed by atoms with Gasteiger partial charge in [0.1, 0.15) is 5.82 Å². The van der Waals surface area contributed by atoms with Crippen LogP contribution in [0, 0.1) is 5.82 Å². The number of hydrogen-bond donors (Lipinski definition) is 1. The van der Waals surface area contributed by atoms with Gasteiger partial charge in [0.15, 0.2) is 0 Å². The SMILES string of the molecule is CCCNCc1nnc(-c2cncc(F)c2)o1. The number of nitrogens with one attached hydrogen (secondary N) is 1. The van der Waals surface area contributed by atoms with Crippen molar-refractivity contribution in [2.45, 2.75) is 19.9 Å². The maximum Gasteiger partial charge on any atom is 0.249 e. The van der Waals surface area contributed by atoms with Crippen molar-refractivity contribution in [1.29, 1.82) is 0 Å². The maximum atomic E-state index is 12.9. The second-order valence-electron chi connectivity index (χ2n) is 3.57. The maximum absolute atomic E-state index is 12.9. The van der Waals surface area contributed by atoms with Gasteiger partial charge in [0, 0.05) is 6.20 Å². The molecule has 0 aliphatic heterocycles. The van der Waals surface area contributed by atoms with Crippen LogP contribution < -0.4 is 5.32 Å². The first kappa shape index (κ1) is 11.7. The minimum atomic E-state index is -0.425. The molecule has 2 aromatic heterocycles. The molecule has 2 aromatic rings. The monoisotopic (exact) mass is 236 g/mol. The van der Waals surface area contributed by atoms with Crippen LogP contribution in [0.2, 0.25) is 0 Å². The molecule has 0 aromatic carbocycles. The number of rotatable bonds is 5. The fourth-order valence-corrected chi connectivity index (χ4v) is 1.34. The molecule has 0 unspecified atom stereocenters. The van der Waals surface area contributed by atoms with E-state index in [1.165, 1.54) is 12.3 Å². The molecule has 0 aliphatic rings. The molecule has 0 amide bonds. The Hall–Kier alpha value is -1.82. The summed E-state index contributed by atoms with van der Waals surface area (Å²) < 4.78 is 18.3. The predicted molar refractivity (Wildman–Crippen MR) is 59.5 cm³/mol. The van der Waals surface area contributed by atoms with Gasteiger partial charge in [0.2, 0.25) is 11.8 Å². The lowest BCUT2D eigenvalue weighted by atomic mass is 10.3. The van der Waals surface area contributed by atoms with Crippen LogP contribution in [0.3, 0.4) is 0 Å². The summed E-state index contributed by atoms with van der Waals surface area (Å²) in [6, 6.07) is 1.31. The normalized spacial score (nSPS) is 10.7. The van der Waals surface area contributed by atoms with Gasteiger partial charge < -0.3 is 9.73 Å². The summed E-state index contributed by atoms with van der Waals surface area (Å²) in [5.74, 6) is 0.342. The summed E-state index contributed by atoms with van der Waals surface area (Å²) in [5, 5.41) is 10.8. The number of aromatic nitrogens is 3. The van der Waals surface area contributed by atoms with Gasteiger partial charge in [0.25, 0.3) is 0 Å². The molecule has 0 saturated carbocycles. The van der Waals surface area contributed by atoms with Crippen molar-refractivity contribution in [3.05, 3.63) is 30.2 Å². The first-order valence-electron chi connectivity index (χ1n) is 5.43. The third kappa shape index (κ3) is 3.07. The second-order valence-corrected chi connectivity index (χ2v) is 3.57. The van der Waals surface area contributed by atoms with Crippen molar-refractivity contribution in [3.8, 4) is 11.5 Å². The van der Waals surface area contributed by atoms with Crippen molar-refractivity contribution < 1.29 is 8.81 Å². The van der Waals surface area contributed by atoms with E-state index in [2.05, 4.69) is 27.4 Å². The fourth-order valence-electron chi connectivity index (χ4n) is 1.34. The molecule has 0 atom stereocenters. The van der Waals surface area contributed by atoms with E-state index in [0.717, 1.165) is 19.2 Å². The molecule has 6 heteroatoms. The average Bonchev–Trinajstić information content (AvgIpc) is 2.78. The standard InChI is InChI=1S/C11H13FN4O/c1-2-3-13-7-10-15-16-11(17-10)8-4-9(12)6-14-5-8/h4-6,13H,2-3,7H2,1H3. The minimum absolute atomic E-state index is 0.283. The molecule has 1 N–H and O–H groups in total. The Morgan fingerprint density at radius 2 is 2.24 bits per heavy atom. The van der Waals surface area contributed by atoms with E-state index in [4.69, 9.17) is 4.42 Å². The van der Waals surface area contributed by atoms with Gasteiger partial charge in [-0.1, -0.05) is 6.92 Å². The van der Waals surface area contributed by atoms with Crippen LogP contribution in [0.1, 0.15) is 19.2 Å². The highest BCUT2D eigenvalue weighted by Crippen LogP contribution is 2.17. The molecule has 0 spiro atoms. The summed E-state index contributed by atoms with van der Waals surface area (Å²) in [7, 11) is 0. The molecule has 2 rings (SSSR count). The van der Waals surface area contributed by atoms with E-state index in [0.29, 0.717) is 18.0 Å². The summed E-state index contributed by atoms with van der Waals surface area (Å²) >= 11 is 0. The molecule has 5 nitrogen and oxygen atoms in total. The lowest BCUT2D eigenvalue weighted by molar-refractivity contribution is 0.477. The van der Waals surface area contributed by atoms with E-state index in [-0.39, 0.29) is 5.89 Å². The van der Waals surface area contributed by atoms with Crippen LogP contribution in [0.4, 0.5) is 4.39 Å². The Kier molecular flexibility index (Phi) is 3.77. The fraction of sp³-hybridized carbons (Fsp3) is 0.364. The first-order chi connectivity index (χ1) is 8.29. The number of nitrogens with zero attached hydrogens (tertiary/aromatic N) is 3. The third-order valence-corrected chi connectivity index (χ3v) is 2.12. The molecule has 2 heterocycles. The molecule has 90 valence electrons. The molecule has 0 saturated heterocycles. The highest BCUT2D eigenvalue weighted by molar-refractivity contribution is 5.50. The minimum Gasteiger partial charge on any atom is -0.419 e. The van der Waals surface area contributed by atoms with E-state index >= 15 is 0 Å². The molecule has 0 bridgehead atoms. The topological polar surface area (TPSA) is 63.8 Å². The zero-order valence-corrected chi connectivity index (χ0v) is 9.48. The summed E-state index contributed by atoms with van der Waals surface area (Å²) in [4.78, 5) is 3.73. The van der Waals surface area contributed by atoms with E-state index < -0.39 is 5.82 Å². The summed E-state index contributed by atoms with van der Waals surface area (Å²) in [6.45, 7) is 3.48. The van der Waals surface area contributed by atoms with Crippen LogP contribution >= 0.6 is 0 Å². The largest absolute Gasteiger partial charge is 0.419 e. The molecule has 0 aliphatic carbocycles. The number of halogens is 1. The van der Waals surface area contributed by atoms with Gasteiger partial charge in [-0.05, 0) is 19.0 Å². The molecule has 0 radical (unpaired) electrons. The molecular formula is C11H13FN4O. The summed E-state index contributed by atoms with van der Waals surface area (Å²) in [5.41, 5.74) is 0.485. The van der Waals surface area contributed by atoms with Crippen molar-refractivity contribution in [2.75, 3.05) is 6.54 Å². The molecule has 17 heavy (non-hydrogen) atoms. The van der Waals surface area contributed by atoms with Crippen LogP contribution in [0.5, 0.6) is 0 Å². The van der Waals surface area contributed by atoms with E-state index in [9.17, 15) is 4.39 Å². The van der Waals surface area contributed by atoms with Crippen molar-refractivity contribution in [2.24, 2.45) is 0 Å². The number of hydrogen-bond acceptors (Lipinski definition) is 5. The van der Waals surface area contributed by atoms with E-state index in [1.807, 2.05) is 0 Å². The summed E-state index contributed by atoms with van der Waals surface area (Å²) in [6.07, 6.45) is 3.65. The van der Waals surface area contributed by atoms with Crippen molar-refractivity contribution in [3.63, 3.8) is 0 Å². The molecule has 0 fully saturated rings. The third-order valence-electron chi connectivity index (χ3n) is 2.12. The number of pyridine rings is 1. The quantitative estimate of drug-likeness (QED) is 0.801. The van der Waals surface area contributed by atoms with Gasteiger partial charge in [-0.15, -0.1) is 10.2 Å². The second kappa shape index (κ2) is 5.49. The average molecular weight is 236 g/mol. The Balaban J connectivity index is 2.07. The van der Waals surface area contributed by atoms with Crippen LogP contribution in [0.25, 0.3) is 11.5 Å².